The lowest BCUT2D eigenvalue weighted by Crippen LogP contribution is -2.05. The van der Waals surface area contributed by atoms with E-state index in [-0.39, 0.29) is 6.04 Å². The number of aryl methyl sites for hydroxylation is 1. The molecule has 2 heterocycles. The Bertz CT molecular complexity index is 510. The average Bonchev–Trinajstić information content (AvgIpc) is 2.88. The van der Waals surface area contributed by atoms with Crippen molar-refractivity contribution in [3.05, 3.63) is 35.4 Å². The maximum absolute atomic E-state index is 8.98. The molecule has 0 aliphatic rings. The Morgan fingerprint density at radius 2 is 2.44 bits per heavy atom. The van der Waals surface area contributed by atoms with Gasteiger partial charge in [0.2, 0.25) is 0 Å². The van der Waals surface area contributed by atoms with Crippen molar-refractivity contribution in [2.75, 3.05) is 5.32 Å². The van der Waals surface area contributed by atoms with Crippen LogP contribution in [0.15, 0.2) is 22.8 Å². The Kier molecular flexibility index (Phi) is 2.93. The van der Waals surface area contributed by atoms with Crippen molar-refractivity contribution < 1.29 is 4.42 Å². The number of hydrogen-bond donors (Lipinski definition) is 1. The molecule has 1 N–H and O–H groups in total. The molecule has 0 aliphatic carbocycles. The van der Waals surface area contributed by atoms with E-state index < -0.39 is 0 Å². The van der Waals surface area contributed by atoms with Crippen molar-refractivity contribution in [2.24, 2.45) is 0 Å². The summed E-state index contributed by atoms with van der Waals surface area (Å²) >= 11 is 1.30. The third-order valence-electron chi connectivity index (χ3n) is 2.29. The average molecular weight is 233 g/mol. The van der Waals surface area contributed by atoms with Crippen molar-refractivity contribution in [1.82, 2.24) is 4.37 Å². The van der Waals surface area contributed by atoms with Crippen LogP contribution in [0.5, 0.6) is 0 Å². The monoisotopic (exact) mass is 233 g/mol. The Hall–Kier alpha value is -1.80. The summed E-state index contributed by atoms with van der Waals surface area (Å²) in [6.45, 7) is 3.81. The number of nitrogens with one attached hydrogen (secondary N) is 1. The molecule has 5 heteroatoms. The largest absolute Gasteiger partial charge is 0.467 e. The lowest BCUT2D eigenvalue weighted by molar-refractivity contribution is 0.491. The number of aromatic nitrogens is 1. The zero-order valence-corrected chi connectivity index (χ0v) is 9.84. The van der Waals surface area contributed by atoms with Gasteiger partial charge in [0.1, 0.15) is 22.4 Å². The Labute approximate surface area is 97.7 Å². The SMILES string of the molecule is Cc1nsc(NC(C)c2ccco2)c1C#N. The maximum atomic E-state index is 8.98. The highest BCUT2D eigenvalue weighted by molar-refractivity contribution is 7.10. The van der Waals surface area contributed by atoms with Gasteiger partial charge in [-0.1, -0.05) is 0 Å². The summed E-state index contributed by atoms with van der Waals surface area (Å²) in [7, 11) is 0. The van der Waals surface area contributed by atoms with Crippen LogP contribution in [-0.2, 0) is 0 Å². The minimum atomic E-state index is 0.0296. The number of nitrogens with zero attached hydrogens (tertiary/aromatic N) is 2. The van der Waals surface area contributed by atoms with Gasteiger partial charge in [0.15, 0.2) is 0 Å². The summed E-state index contributed by atoms with van der Waals surface area (Å²) < 4.78 is 9.43. The van der Waals surface area contributed by atoms with E-state index in [4.69, 9.17) is 9.68 Å². The van der Waals surface area contributed by atoms with E-state index in [1.165, 1.54) is 11.5 Å². The first-order valence-corrected chi connectivity index (χ1v) is 5.66. The molecule has 0 saturated carbocycles. The second-order valence-corrected chi connectivity index (χ2v) is 4.24. The van der Waals surface area contributed by atoms with Crippen LogP contribution >= 0.6 is 11.5 Å². The van der Waals surface area contributed by atoms with E-state index in [1.54, 1.807) is 6.26 Å². The summed E-state index contributed by atoms with van der Waals surface area (Å²) in [4.78, 5) is 0. The summed E-state index contributed by atoms with van der Waals surface area (Å²) in [6, 6.07) is 5.92. The second-order valence-electron chi connectivity index (χ2n) is 3.47. The lowest BCUT2D eigenvalue weighted by Gasteiger charge is -2.10. The number of hydrogen-bond acceptors (Lipinski definition) is 5. The van der Waals surface area contributed by atoms with Crippen LogP contribution in [0.25, 0.3) is 0 Å². The molecule has 0 fully saturated rings. The van der Waals surface area contributed by atoms with Crippen LogP contribution < -0.4 is 5.32 Å². The zero-order chi connectivity index (χ0) is 11.5. The smallest absolute Gasteiger partial charge is 0.128 e. The van der Waals surface area contributed by atoms with E-state index in [0.29, 0.717) is 5.56 Å². The molecule has 0 amide bonds. The predicted octanol–water partition coefficient (Wildman–Crippen LogP) is 3.09. The molecular weight excluding hydrogens is 222 g/mol. The molecule has 16 heavy (non-hydrogen) atoms. The molecule has 0 aliphatic heterocycles. The van der Waals surface area contributed by atoms with E-state index in [2.05, 4.69) is 15.8 Å². The quantitative estimate of drug-likeness (QED) is 0.884. The molecule has 1 unspecified atom stereocenters. The minimum Gasteiger partial charge on any atom is -0.467 e. The molecule has 0 spiro atoms. The van der Waals surface area contributed by atoms with Crippen LogP contribution in [0.1, 0.15) is 30.0 Å². The molecule has 1 atom stereocenters. The molecule has 2 aromatic rings. The van der Waals surface area contributed by atoms with Gasteiger partial charge in [0.05, 0.1) is 18.0 Å². The summed E-state index contributed by atoms with van der Waals surface area (Å²) in [6.07, 6.45) is 1.64. The molecule has 2 aromatic heterocycles. The first kappa shape index (κ1) is 10.7. The van der Waals surface area contributed by atoms with Crippen molar-refractivity contribution in [2.45, 2.75) is 19.9 Å². The van der Waals surface area contributed by atoms with Gasteiger partial charge in [0, 0.05) is 0 Å². The van der Waals surface area contributed by atoms with Gasteiger partial charge in [-0.3, -0.25) is 0 Å². The molecule has 0 bridgehead atoms. The molecule has 82 valence electrons. The first-order chi connectivity index (χ1) is 7.72. The van der Waals surface area contributed by atoms with Gasteiger partial charge in [-0.2, -0.15) is 9.64 Å². The van der Waals surface area contributed by atoms with E-state index >= 15 is 0 Å². The number of nitriles is 1. The molecule has 2 rings (SSSR count). The Morgan fingerprint density at radius 1 is 1.62 bits per heavy atom. The summed E-state index contributed by atoms with van der Waals surface area (Å²) in [5.41, 5.74) is 1.38. The van der Waals surface area contributed by atoms with Crippen molar-refractivity contribution in [3.8, 4) is 6.07 Å². The molecular formula is C11H11N3OS. The third kappa shape index (κ3) is 1.92. The van der Waals surface area contributed by atoms with Gasteiger partial charge in [-0.15, -0.1) is 0 Å². The highest BCUT2D eigenvalue weighted by Gasteiger charge is 2.14. The molecule has 0 aromatic carbocycles. The summed E-state index contributed by atoms with van der Waals surface area (Å²) in [5.74, 6) is 0.843. The van der Waals surface area contributed by atoms with E-state index in [9.17, 15) is 0 Å². The summed E-state index contributed by atoms with van der Waals surface area (Å²) in [5, 5.41) is 13.0. The van der Waals surface area contributed by atoms with Gasteiger partial charge < -0.3 is 9.73 Å². The third-order valence-corrected chi connectivity index (χ3v) is 3.16. The van der Waals surface area contributed by atoms with Crippen molar-refractivity contribution in [3.63, 3.8) is 0 Å². The number of anilines is 1. The topological polar surface area (TPSA) is 61.9 Å². The lowest BCUT2D eigenvalue weighted by atomic mass is 10.2. The van der Waals surface area contributed by atoms with Crippen LogP contribution in [-0.4, -0.2) is 4.37 Å². The Balaban J connectivity index is 2.19. The van der Waals surface area contributed by atoms with Crippen LogP contribution in [0.2, 0.25) is 0 Å². The normalized spacial score (nSPS) is 12.1. The molecule has 4 nitrogen and oxygen atoms in total. The van der Waals surface area contributed by atoms with E-state index in [0.717, 1.165) is 16.5 Å². The zero-order valence-electron chi connectivity index (χ0n) is 9.02. The highest BCUT2D eigenvalue weighted by Crippen LogP contribution is 2.27. The van der Waals surface area contributed by atoms with Gasteiger partial charge in [0.25, 0.3) is 0 Å². The van der Waals surface area contributed by atoms with E-state index in [1.807, 2.05) is 26.0 Å². The van der Waals surface area contributed by atoms with Gasteiger partial charge >= 0.3 is 0 Å². The first-order valence-electron chi connectivity index (χ1n) is 4.88. The number of rotatable bonds is 3. The van der Waals surface area contributed by atoms with Crippen LogP contribution in [0.3, 0.4) is 0 Å². The van der Waals surface area contributed by atoms with Gasteiger partial charge in [-0.05, 0) is 37.5 Å². The molecule has 0 radical (unpaired) electrons. The fourth-order valence-electron chi connectivity index (χ4n) is 1.41. The minimum absolute atomic E-state index is 0.0296. The second kappa shape index (κ2) is 4.37. The highest BCUT2D eigenvalue weighted by atomic mass is 32.1. The Morgan fingerprint density at radius 3 is 3.06 bits per heavy atom. The fourth-order valence-corrected chi connectivity index (χ4v) is 2.24. The van der Waals surface area contributed by atoms with Crippen LogP contribution in [0, 0.1) is 18.3 Å². The van der Waals surface area contributed by atoms with Crippen molar-refractivity contribution in [1.29, 1.82) is 5.26 Å². The maximum Gasteiger partial charge on any atom is 0.128 e. The van der Waals surface area contributed by atoms with Crippen molar-refractivity contribution >= 4 is 16.5 Å². The standard InChI is InChI=1S/C11H11N3OS/c1-7-9(6-12)11(16-14-7)13-8(2)10-4-3-5-15-10/h3-5,8,13H,1-2H3. The van der Waals surface area contributed by atoms with Crippen LogP contribution in [0.4, 0.5) is 5.00 Å². The van der Waals surface area contributed by atoms with Gasteiger partial charge in [-0.25, -0.2) is 0 Å². The fraction of sp³-hybridized carbons (Fsp3) is 0.273. The molecule has 0 saturated heterocycles. The number of furan rings is 1. The predicted molar refractivity (Wildman–Crippen MR) is 62.3 cm³/mol.